The van der Waals surface area contributed by atoms with Crippen LogP contribution in [0.2, 0.25) is 0 Å². The lowest BCUT2D eigenvalue weighted by molar-refractivity contribution is -0.146. The number of cyclic esters (lactones) is 1. The molecule has 3 atom stereocenters. The van der Waals surface area contributed by atoms with Gasteiger partial charge in [-0.3, -0.25) is 4.79 Å². The Bertz CT molecular complexity index is 367. The molecule has 1 rings (SSSR count). The average Bonchev–Trinajstić information content (AvgIpc) is 2.68. The first-order chi connectivity index (χ1) is 8.23. The van der Waals surface area contributed by atoms with Crippen molar-refractivity contribution < 1.29 is 23.8 Å². The quantitative estimate of drug-likeness (QED) is 0.772. The van der Waals surface area contributed by atoms with Gasteiger partial charge >= 0.3 is 6.09 Å². The van der Waals surface area contributed by atoms with Gasteiger partial charge in [-0.05, 0) is 12.8 Å². The van der Waals surface area contributed by atoms with Crippen molar-refractivity contribution in [2.24, 2.45) is 5.92 Å². The first-order valence-electron chi connectivity index (χ1n) is 5.73. The number of hydrogen-bond donors (Lipinski definition) is 1. The van der Waals surface area contributed by atoms with E-state index >= 15 is 0 Å². The zero-order valence-corrected chi connectivity index (χ0v) is 10.7. The number of carbonyl (C=O) groups is 2. The van der Waals surface area contributed by atoms with Crippen molar-refractivity contribution in [3.05, 3.63) is 12.7 Å². The number of carbonyl (C=O) groups excluding carboxylic acids is 2. The van der Waals surface area contributed by atoms with Crippen molar-refractivity contribution in [3.8, 4) is 0 Å². The van der Waals surface area contributed by atoms with Gasteiger partial charge in [-0.1, -0.05) is 19.9 Å². The monoisotopic (exact) mass is 259 g/mol. The Morgan fingerprint density at radius 2 is 2.28 bits per heavy atom. The molecular formula is C12H18FNO4. The maximum atomic E-state index is 14.2. The van der Waals surface area contributed by atoms with E-state index in [9.17, 15) is 19.1 Å². The van der Waals surface area contributed by atoms with Gasteiger partial charge in [0, 0.05) is 0 Å². The van der Waals surface area contributed by atoms with Gasteiger partial charge in [0.15, 0.2) is 0 Å². The molecule has 0 aromatic rings. The number of hydrogen-bond acceptors (Lipinski definition) is 4. The van der Waals surface area contributed by atoms with Crippen LogP contribution in [-0.2, 0) is 9.53 Å². The third-order valence-corrected chi connectivity index (χ3v) is 3.09. The van der Waals surface area contributed by atoms with Crippen LogP contribution < -0.4 is 0 Å². The van der Waals surface area contributed by atoms with Crippen LogP contribution in [0.15, 0.2) is 12.7 Å². The number of aliphatic hydroxyl groups excluding tert-OH is 1. The van der Waals surface area contributed by atoms with E-state index in [0.29, 0.717) is 0 Å². The van der Waals surface area contributed by atoms with Crippen molar-refractivity contribution in [2.45, 2.75) is 38.6 Å². The maximum Gasteiger partial charge on any atom is 0.417 e. The molecule has 0 bridgehead atoms. The zero-order chi connectivity index (χ0) is 14.1. The van der Waals surface area contributed by atoms with Crippen LogP contribution in [0.5, 0.6) is 0 Å². The lowest BCUT2D eigenvalue weighted by Gasteiger charge is -2.30. The maximum absolute atomic E-state index is 14.2. The first-order valence-corrected chi connectivity index (χ1v) is 5.73. The fourth-order valence-corrected chi connectivity index (χ4v) is 1.74. The van der Waals surface area contributed by atoms with E-state index in [1.54, 1.807) is 13.8 Å². The molecule has 1 aliphatic rings. The second-order valence-corrected chi connectivity index (χ2v) is 4.82. The molecule has 0 aromatic carbocycles. The van der Waals surface area contributed by atoms with Crippen molar-refractivity contribution in [1.82, 2.24) is 4.90 Å². The number of alkyl halides is 1. The molecule has 5 nitrogen and oxygen atoms in total. The first kappa shape index (κ1) is 14.6. The highest BCUT2D eigenvalue weighted by atomic mass is 19.1. The topological polar surface area (TPSA) is 66.8 Å². The highest BCUT2D eigenvalue weighted by Gasteiger charge is 2.50. The fourth-order valence-electron chi connectivity index (χ4n) is 1.74. The molecule has 102 valence electrons. The summed E-state index contributed by atoms with van der Waals surface area (Å²) in [4.78, 5) is 24.3. The predicted octanol–water partition coefficient (Wildman–Crippen LogP) is 1.26. The summed E-state index contributed by atoms with van der Waals surface area (Å²) in [7, 11) is 0. The van der Waals surface area contributed by atoms with Gasteiger partial charge in [0.1, 0.15) is 12.7 Å². The largest absolute Gasteiger partial charge is 0.447 e. The molecule has 0 radical (unpaired) electrons. The van der Waals surface area contributed by atoms with Crippen molar-refractivity contribution >= 4 is 12.0 Å². The summed E-state index contributed by atoms with van der Waals surface area (Å²) in [6.45, 7) is 7.79. The van der Waals surface area contributed by atoms with Gasteiger partial charge < -0.3 is 9.84 Å². The summed E-state index contributed by atoms with van der Waals surface area (Å²) in [5.41, 5.74) is -2.60. The Morgan fingerprint density at radius 3 is 2.72 bits per heavy atom. The number of ether oxygens (including phenoxy) is 1. The van der Waals surface area contributed by atoms with Crippen LogP contribution in [0.25, 0.3) is 0 Å². The van der Waals surface area contributed by atoms with Gasteiger partial charge in [0.25, 0.3) is 5.91 Å². The highest BCUT2D eigenvalue weighted by molar-refractivity contribution is 5.98. The molecule has 2 unspecified atom stereocenters. The molecule has 6 heteroatoms. The number of amides is 2. The normalized spacial score (nSPS) is 24.7. The smallest absolute Gasteiger partial charge is 0.417 e. The molecule has 0 saturated carbocycles. The van der Waals surface area contributed by atoms with Crippen molar-refractivity contribution in [3.63, 3.8) is 0 Å². The van der Waals surface area contributed by atoms with E-state index in [4.69, 9.17) is 4.74 Å². The molecule has 0 aromatic heterocycles. The zero-order valence-electron chi connectivity index (χ0n) is 10.7. The Balaban J connectivity index is 3.01. The Labute approximate surface area is 105 Å². The number of aliphatic hydroxyl groups is 1. The number of imide groups is 1. The molecule has 0 aliphatic carbocycles. The minimum atomic E-state index is -2.60. The van der Waals surface area contributed by atoms with E-state index in [0.717, 1.165) is 17.9 Å². The van der Waals surface area contributed by atoms with Gasteiger partial charge in [-0.15, -0.1) is 6.58 Å². The van der Waals surface area contributed by atoms with Crippen LogP contribution in [0.4, 0.5) is 9.18 Å². The fraction of sp³-hybridized carbons (Fsp3) is 0.667. The molecule has 1 fully saturated rings. The van der Waals surface area contributed by atoms with E-state index in [2.05, 4.69) is 6.58 Å². The van der Waals surface area contributed by atoms with E-state index < -0.39 is 29.8 Å². The molecule has 1 aliphatic heterocycles. The second kappa shape index (κ2) is 5.06. The van der Waals surface area contributed by atoms with Gasteiger partial charge in [0.05, 0.1) is 6.04 Å². The average molecular weight is 259 g/mol. The summed E-state index contributed by atoms with van der Waals surface area (Å²) in [6, 6.07) is -0.517. The minimum absolute atomic E-state index is 0.0442. The molecule has 0 spiro atoms. The van der Waals surface area contributed by atoms with Crippen molar-refractivity contribution in [2.75, 3.05) is 6.61 Å². The lowest BCUT2D eigenvalue weighted by atomic mass is 9.97. The lowest BCUT2D eigenvalue weighted by Crippen LogP contribution is -2.54. The third-order valence-electron chi connectivity index (χ3n) is 3.09. The number of nitrogens with zero attached hydrogens (tertiary/aromatic N) is 1. The third kappa shape index (κ3) is 2.38. The summed E-state index contributed by atoms with van der Waals surface area (Å²) >= 11 is 0. The Kier molecular flexibility index (Phi) is 4.11. The molecule has 1 N–H and O–H groups in total. The summed E-state index contributed by atoms with van der Waals surface area (Å²) < 4.78 is 19.0. The van der Waals surface area contributed by atoms with Gasteiger partial charge in [0.2, 0.25) is 5.67 Å². The minimum Gasteiger partial charge on any atom is -0.447 e. The molecule has 2 amide bonds. The number of halogens is 1. The van der Waals surface area contributed by atoms with E-state index in [1.807, 2.05) is 0 Å². The second-order valence-electron chi connectivity index (χ2n) is 4.82. The Morgan fingerprint density at radius 1 is 1.72 bits per heavy atom. The predicted molar refractivity (Wildman–Crippen MR) is 62.5 cm³/mol. The SMILES string of the molecule is C=CC(O)C(C)(F)C(=O)N1C(=O)OC[C@H]1C(C)C. The molecule has 1 saturated heterocycles. The summed E-state index contributed by atoms with van der Waals surface area (Å²) in [6.07, 6.45) is -1.63. The number of rotatable bonds is 4. The highest BCUT2D eigenvalue weighted by Crippen LogP contribution is 2.27. The summed E-state index contributed by atoms with van der Waals surface area (Å²) in [5.74, 6) is -1.16. The van der Waals surface area contributed by atoms with E-state index in [-0.39, 0.29) is 12.5 Å². The van der Waals surface area contributed by atoms with Crippen LogP contribution in [0.3, 0.4) is 0 Å². The molecular weight excluding hydrogens is 241 g/mol. The van der Waals surface area contributed by atoms with Crippen molar-refractivity contribution in [1.29, 1.82) is 0 Å². The van der Waals surface area contributed by atoms with Crippen LogP contribution in [0.1, 0.15) is 20.8 Å². The molecule has 1 heterocycles. The standard InChI is InChI=1S/C12H18FNO4/c1-5-9(15)12(4,13)10(16)14-8(7(2)3)6-18-11(14)17/h5,7-9,15H,1,6H2,2-4H3/t8-,9?,12?/m0/s1. The summed E-state index contributed by atoms with van der Waals surface area (Å²) in [5, 5.41) is 9.43. The van der Waals surface area contributed by atoms with Gasteiger partial charge in [-0.25, -0.2) is 14.1 Å². The van der Waals surface area contributed by atoms with Crippen LogP contribution in [0, 0.1) is 5.92 Å². The van der Waals surface area contributed by atoms with Gasteiger partial charge in [-0.2, -0.15) is 0 Å². The molecule has 18 heavy (non-hydrogen) atoms. The van der Waals surface area contributed by atoms with Crippen LogP contribution >= 0.6 is 0 Å². The van der Waals surface area contributed by atoms with E-state index in [1.165, 1.54) is 0 Å². The Hall–Kier alpha value is -1.43. The van der Waals surface area contributed by atoms with Crippen LogP contribution in [-0.4, -0.2) is 46.4 Å².